The molecule has 226 valence electrons. The fraction of sp³-hybridized carbons (Fsp3) is 0.294. The molecule has 0 radical (unpaired) electrons. The summed E-state index contributed by atoms with van der Waals surface area (Å²) in [6.45, 7) is 2.40. The lowest BCUT2D eigenvalue weighted by Crippen LogP contribution is -2.39. The van der Waals surface area contributed by atoms with E-state index < -0.39 is 10.1 Å². The van der Waals surface area contributed by atoms with Crippen LogP contribution in [0.5, 0.6) is 5.88 Å². The zero-order chi connectivity index (χ0) is 30.5. The van der Waals surface area contributed by atoms with E-state index in [9.17, 15) is 8.42 Å². The second-order valence-electron chi connectivity index (χ2n) is 10.7. The molecule has 0 aliphatic heterocycles. The fourth-order valence-electron chi connectivity index (χ4n) is 5.14. The maximum Gasteiger partial charge on any atom is 0.297 e. The Hall–Kier alpha value is -4.27. The molecule has 1 aliphatic rings. The van der Waals surface area contributed by atoms with Gasteiger partial charge in [0.05, 0.1) is 29.7 Å². The van der Waals surface area contributed by atoms with Crippen molar-refractivity contribution in [1.82, 2.24) is 14.5 Å². The SMILES string of the molecule is Cc1ccc(S(=O)(=O)OCCOCC#CCO[C@H]2C[C@H](Oc3ccc(-c4ccc5c6cnccc6n(C)c5c4)cn3)C2)cc1. The molecule has 0 saturated heterocycles. The first-order valence-electron chi connectivity index (χ1n) is 14.4. The number of pyridine rings is 2. The molecular formula is C34H33N3O6S. The Morgan fingerprint density at radius 1 is 0.864 bits per heavy atom. The minimum atomic E-state index is -3.79. The van der Waals surface area contributed by atoms with Crippen LogP contribution in [0.15, 0.2) is 84.1 Å². The highest BCUT2D eigenvalue weighted by molar-refractivity contribution is 7.86. The molecule has 0 spiro atoms. The Morgan fingerprint density at radius 2 is 1.66 bits per heavy atom. The van der Waals surface area contributed by atoms with Gasteiger partial charge in [-0.1, -0.05) is 41.7 Å². The topological polar surface area (TPSA) is 102 Å². The number of ether oxygens (including phenoxy) is 3. The van der Waals surface area contributed by atoms with E-state index in [0.717, 1.165) is 46.0 Å². The van der Waals surface area contributed by atoms with Crippen LogP contribution < -0.4 is 4.74 Å². The Labute approximate surface area is 256 Å². The van der Waals surface area contributed by atoms with E-state index in [-0.39, 0.29) is 36.9 Å². The van der Waals surface area contributed by atoms with Gasteiger partial charge in [0.1, 0.15) is 19.3 Å². The quantitative estimate of drug-likeness (QED) is 0.110. The van der Waals surface area contributed by atoms with Crippen molar-refractivity contribution in [2.24, 2.45) is 7.05 Å². The van der Waals surface area contributed by atoms with Gasteiger partial charge in [0.15, 0.2) is 0 Å². The molecule has 10 heteroatoms. The summed E-state index contributed by atoms with van der Waals surface area (Å²) >= 11 is 0. The summed E-state index contributed by atoms with van der Waals surface area (Å²) in [7, 11) is -1.71. The second kappa shape index (κ2) is 13.2. The van der Waals surface area contributed by atoms with Crippen LogP contribution in [0, 0.1) is 18.8 Å². The molecule has 0 amide bonds. The molecule has 3 heterocycles. The van der Waals surface area contributed by atoms with Crippen LogP contribution in [0.2, 0.25) is 0 Å². The van der Waals surface area contributed by atoms with Crippen molar-refractivity contribution >= 4 is 31.9 Å². The van der Waals surface area contributed by atoms with Crippen LogP contribution in [0.1, 0.15) is 18.4 Å². The van der Waals surface area contributed by atoms with Gasteiger partial charge in [-0.05, 0) is 42.8 Å². The molecule has 0 bridgehead atoms. The number of nitrogens with zero attached hydrogens (tertiary/aromatic N) is 3. The Morgan fingerprint density at radius 3 is 2.45 bits per heavy atom. The van der Waals surface area contributed by atoms with Crippen LogP contribution >= 0.6 is 0 Å². The van der Waals surface area contributed by atoms with Gasteiger partial charge in [-0.25, -0.2) is 4.98 Å². The largest absolute Gasteiger partial charge is 0.474 e. The summed E-state index contributed by atoms with van der Waals surface area (Å²) in [6.07, 6.45) is 7.29. The monoisotopic (exact) mass is 611 g/mol. The Kier molecular flexibility index (Phi) is 8.91. The van der Waals surface area contributed by atoms with Crippen LogP contribution in [0.3, 0.4) is 0 Å². The van der Waals surface area contributed by atoms with E-state index in [1.807, 2.05) is 43.7 Å². The number of aryl methyl sites for hydroxylation is 2. The van der Waals surface area contributed by atoms with Gasteiger partial charge in [-0.15, -0.1) is 0 Å². The number of hydrogen-bond donors (Lipinski definition) is 0. The molecule has 6 rings (SSSR count). The first-order valence-corrected chi connectivity index (χ1v) is 15.8. The molecule has 0 N–H and O–H groups in total. The zero-order valence-electron chi connectivity index (χ0n) is 24.6. The van der Waals surface area contributed by atoms with Crippen molar-refractivity contribution < 1.29 is 26.8 Å². The Bertz CT molecular complexity index is 1920. The Balaban J connectivity index is 0.881. The third-order valence-electron chi connectivity index (χ3n) is 7.68. The van der Waals surface area contributed by atoms with E-state index in [1.165, 1.54) is 17.5 Å². The number of rotatable bonds is 11. The highest BCUT2D eigenvalue weighted by atomic mass is 32.2. The normalized spacial score (nSPS) is 16.4. The van der Waals surface area contributed by atoms with Crippen molar-refractivity contribution in [3.8, 4) is 28.8 Å². The lowest BCUT2D eigenvalue weighted by atomic mass is 9.92. The number of hydrogen-bond acceptors (Lipinski definition) is 8. The molecule has 2 aromatic carbocycles. The highest BCUT2D eigenvalue weighted by Crippen LogP contribution is 2.32. The van der Waals surface area contributed by atoms with Gasteiger partial charge in [0.2, 0.25) is 5.88 Å². The molecule has 1 saturated carbocycles. The molecule has 0 unspecified atom stereocenters. The second-order valence-corrected chi connectivity index (χ2v) is 12.3. The minimum absolute atomic E-state index is 0.0617. The van der Waals surface area contributed by atoms with Crippen molar-refractivity contribution in [1.29, 1.82) is 0 Å². The van der Waals surface area contributed by atoms with Crippen molar-refractivity contribution in [2.75, 3.05) is 26.4 Å². The molecule has 44 heavy (non-hydrogen) atoms. The zero-order valence-corrected chi connectivity index (χ0v) is 25.4. The first kappa shape index (κ1) is 29.8. The molecule has 9 nitrogen and oxygen atoms in total. The summed E-state index contributed by atoms with van der Waals surface area (Å²) in [5.41, 5.74) is 5.41. The predicted molar refractivity (Wildman–Crippen MR) is 168 cm³/mol. The lowest BCUT2D eigenvalue weighted by Gasteiger charge is -2.34. The third-order valence-corrected chi connectivity index (χ3v) is 9.01. The van der Waals surface area contributed by atoms with Crippen molar-refractivity contribution in [3.05, 3.63) is 84.8 Å². The average Bonchev–Trinajstić information content (AvgIpc) is 3.30. The fourth-order valence-corrected chi connectivity index (χ4v) is 6.03. The molecule has 0 atom stereocenters. The summed E-state index contributed by atoms with van der Waals surface area (Å²) in [5, 5.41) is 2.33. The van der Waals surface area contributed by atoms with Gasteiger partial charge in [0, 0.05) is 66.4 Å². The van der Waals surface area contributed by atoms with Crippen LogP contribution in [-0.4, -0.2) is 61.6 Å². The number of benzene rings is 2. The highest BCUT2D eigenvalue weighted by Gasteiger charge is 2.31. The molecule has 5 aromatic rings. The van der Waals surface area contributed by atoms with E-state index >= 15 is 0 Å². The maximum atomic E-state index is 12.1. The van der Waals surface area contributed by atoms with Gasteiger partial charge >= 0.3 is 0 Å². The molecular weight excluding hydrogens is 578 g/mol. The summed E-state index contributed by atoms with van der Waals surface area (Å²) in [5.74, 6) is 6.38. The van der Waals surface area contributed by atoms with Crippen LogP contribution in [0.4, 0.5) is 0 Å². The van der Waals surface area contributed by atoms with Gasteiger partial charge in [0.25, 0.3) is 10.1 Å². The maximum absolute atomic E-state index is 12.1. The van der Waals surface area contributed by atoms with E-state index in [2.05, 4.69) is 51.6 Å². The van der Waals surface area contributed by atoms with Gasteiger partial charge in [-0.3, -0.25) is 9.17 Å². The molecule has 1 aliphatic carbocycles. The van der Waals surface area contributed by atoms with E-state index in [1.54, 1.807) is 12.1 Å². The van der Waals surface area contributed by atoms with Crippen molar-refractivity contribution in [2.45, 2.75) is 36.9 Å². The average molecular weight is 612 g/mol. The van der Waals surface area contributed by atoms with Crippen LogP contribution in [0.25, 0.3) is 32.9 Å². The van der Waals surface area contributed by atoms with Gasteiger partial charge in [-0.2, -0.15) is 8.42 Å². The first-order chi connectivity index (χ1) is 21.4. The smallest absolute Gasteiger partial charge is 0.297 e. The number of fused-ring (bicyclic) bond motifs is 3. The van der Waals surface area contributed by atoms with Crippen LogP contribution in [-0.2, 0) is 30.8 Å². The van der Waals surface area contributed by atoms with Gasteiger partial charge < -0.3 is 18.8 Å². The summed E-state index contributed by atoms with van der Waals surface area (Å²) in [6, 6.07) is 18.9. The molecule has 1 fully saturated rings. The van der Waals surface area contributed by atoms with Crippen molar-refractivity contribution in [3.63, 3.8) is 0 Å². The lowest BCUT2D eigenvalue weighted by molar-refractivity contribution is -0.0508. The summed E-state index contributed by atoms with van der Waals surface area (Å²) < 4.78 is 48.6. The third kappa shape index (κ3) is 6.77. The minimum Gasteiger partial charge on any atom is -0.474 e. The predicted octanol–water partition coefficient (Wildman–Crippen LogP) is 5.45. The van der Waals surface area contributed by atoms with E-state index in [4.69, 9.17) is 18.4 Å². The molecule has 3 aromatic heterocycles. The summed E-state index contributed by atoms with van der Waals surface area (Å²) in [4.78, 5) is 8.95. The van der Waals surface area contributed by atoms with E-state index in [0.29, 0.717) is 12.5 Å². The standard InChI is InChI=1S/C34H33N3O6S/c1-24-5-9-29(10-6-24)44(38,39)42-18-17-40-15-3-4-16-41-27-20-28(21-27)43-34-12-8-26(22-36-34)25-7-11-30-31-23-35-14-13-32(31)37(2)33(30)19-25/h5-14,19,22-23,27-28H,15-18,20-21H2,1-2H3/t27-,28-. The number of aromatic nitrogens is 3.